The van der Waals surface area contributed by atoms with E-state index in [1.54, 1.807) is 33.8 Å². The molecule has 0 saturated carbocycles. The first-order chi connectivity index (χ1) is 12.0. The average molecular weight is 339 g/mol. The van der Waals surface area contributed by atoms with Crippen molar-refractivity contribution in [1.82, 2.24) is 20.0 Å². The Balaban J connectivity index is 2.12. The van der Waals surface area contributed by atoms with Crippen LogP contribution in [0.1, 0.15) is 35.6 Å². The van der Waals surface area contributed by atoms with Gasteiger partial charge in [-0.15, -0.1) is 0 Å². The molecule has 0 spiro atoms. The van der Waals surface area contributed by atoms with E-state index in [1.165, 1.54) is 0 Å². The summed E-state index contributed by atoms with van der Waals surface area (Å²) in [5.41, 5.74) is 2.21. The third-order valence-corrected chi connectivity index (χ3v) is 3.86. The van der Waals surface area contributed by atoms with E-state index >= 15 is 0 Å². The van der Waals surface area contributed by atoms with Gasteiger partial charge in [-0.1, -0.05) is 6.07 Å². The number of carbonyl (C=O) groups is 2. The Kier molecular flexibility index (Phi) is 5.90. The quantitative estimate of drug-likeness (QED) is 0.866. The summed E-state index contributed by atoms with van der Waals surface area (Å²) in [5.74, 6) is -0.532. The molecule has 0 radical (unpaired) electrons. The number of aromatic nitrogens is 2. The number of rotatable bonds is 6. The van der Waals surface area contributed by atoms with Crippen LogP contribution in [0.25, 0.3) is 5.69 Å². The van der Waals surface area contributed by atoms with Gasteiger partial charge in [0.2, 0.25) is 5.91 Å². The second-order valence-electron chi connectivity index (χ2n) is 5.49. The lowest BCUT2D eigenvalue weighted by Crippen LogP contribution is -2.40. The highest BCUT2D eigenvalue weighted by atomic mass is 16.2. The van der Waals surface area contributed by atoms with Gasteiger partial charge in [0.15, 0.2) is 5.69 Å². The third kappa shape index (κ3) is 4.23. The van der Waals surface area contributed by atoms with Crippen molar-refractivity contribution in [3.8, 4) is 11.8 Å². The predicted molar refractivity (Wildman–Crippen MR) is 93.3 cm³/mol. The topological polar surface area (TPSA) is 91.0 Å². The molecule has 2 rings (SSSR count). The Morgan fingerprint density at radius 2 is 2.00 bits per heavy atom. The van der Waals surface area contributed by atoms with Crippen LogP contribution < -0.4 is 5.32 Å². The molecule has 1 heterocycles. The van der Waals surface area contributed by atoms with Crippen molar-refractivity contribution in [2.75, 3.05) is 19.6 Å². The SMILES string of the molecule is CCN(CC)C(=O)CNC(=O)c1cc(C)n(-c2cccc(C#N)c2)n1. The largest absolute Gasteiger partial charge is 0.342 e. The van der Waals surface area contributed by atoms with E-state index in [-0.39, 0.29) is 18.1 Å². The van der Waals surface area contributed by atoms with Crippen LogP contribution >= 0.6 is 0 Å². The third-order valence-electron chi connectivity index (χ3n) is 3.86. The Morgan fingerprint density at radius 1 is 1.28 bits per heavy atom. The lowest BCUT2D eigenvalue weighted by Gasteiger charge is -2.18. The fourth-order valence-electron chi connectivity index (χ4n) is 2.49. The monoisotopic (exact) mass is 339 g/mol. The first-order valence-corrected chi connectivity index (χ1v) is 8.13. The molecular formula is C18H21N5O2. The summed E-state index contributed by atoms with van der Waals surface area (Å²) >= 11 is 0. The lowest BCUT2D eigenvalue weighted by molar-refractivity contribution is -0.129. The van der Waals surface area contributed by atoms with Gasteiger partial charge in [-0.05, 0) is 45.0 Å². The Morgan fingerprint density at radius 3 is 2.64 bits per heavy atom. The maximum Gasteiger partial charge on any atom is 0.272 e. The number of aryl methyl sites for hydroxylation is 1. The number of hydrogen-bond acceptors (Lipinski definition) is 4. The molecule has 0 aliphatic rings. The molecule has 2 amide bonds. The second-order valence-corrected chi connectivity index (χ2v) is 5.49. The summed E-state index contributed by atoms with van der Waals surface area (Å²) in [6.45, 7) is 6.76. The van der Waals surface area contributed by atoms with Crippen molar-refractivity contribution in [2.45, 2.75) is 20.8 Å². The van der Waals surface area contributed by atoms with Crippen LogP contribution in [0.5, 0.6) is 0 Å². The molecule has 1 aromatic carbocycles. The molecule has 1 aromatic heterocycles. The van der Waals surface area contributed by atoms with Gasteiger partial charge in [-0.25, -0.2) is 4.68 Å². The number of nitrogens with one attached hydrogen (secondary N) is 1. The van der Waals surface area contributed by atoms with Crippen molar-refractivity contribution < 1.29 is 9.59 Å². The molecule has 2 aromatic rings. The molecule has 0 unspecified atom stereocenters. The van der Waals surface area contributed by atoms with Crippen LogP contribution in [-0.4, -0.2) is 46.1 Å². The van der Waals surface area contributed by atoms with Gasteiger partial charge in [0.05, 0.1) is 23.9 Å². The van der Waals surface area contributed by atoms with Gasteiger partial charge in [0, 0.05) is 18.8 Å². The number of carbonyl (C=O) groups excluding carboxylic acids is 2. The van der Waals surface area contributed by atoms with Crippen molar-refractivity contribution in [1.29, 1.82) is 5.26 Å². The van der Waals surface area contributed by atoms with E-state index in [0.717, 1.165) is 5.69 Å². The summed E-state index contributed by atoms with van der Waals surface area (Å²) < 4.78 is 1.60. The van der Waals surface area contributed by atoms with Gasteiger partial charge in [-0.3, -0.25) is 9.59 Å². The van der Waals surface area contributed by atoms with Crippen LogP contribution in [0.15, 0.2) is 30.3 Å². The highest BCUT2D eigenvalue weighted by Gasteiger charge is 2.16. The fraction of sp³-hybridized carbons (Fsp3) is 0.333. The molecule has 25 heavy (non-hydrogen) atoms. The molecule has 0 aliphatic carbocycles. The van der Waals surface area contributed by atoms with Gasteiger partial charge in [0.25, 0.3) is 5.91 Å². The summed E-state index contributed by atoms with van der Waals surface area (Å²) in [5, 5.41) is 15.9. The van der Waals surface area contributed by atoms with Crippen molar-refractivity contribution in [3.63, 3.8) is 0 Å². The zero-order chi connectivity index (χ0) is 18.4. The highest BCUT2D eigenvalue weighted by Crippen LogP contribution is 2.13. The van der Waals surface area contributed by atoms with Crippen molar-refractivity contribution >= 4 is 11.8 Å². The van der Waals surface area contributed by atoms with Gasteiger partial charge >= 0.3 is 0 Å². The smallest absolute Gasteiger partial charge is 0.272 e. The maximum absolute atomic E-state index is 12.3. The van der Waals surface area contributed by atoms with E-state index in [2.05, 4.69) is 16.5 Å². The van der Waals surface area contributed by atoms with Crippen LogP contribution in [0.4, 0.5) is 0 Å². The van der Waals surface area contributed by atoms with E-state index in [0.29, 0.717) is 24.3 Å². The summed E-state index contributed by atoms with van der Waals surface area (Å²) in [6.07, 6.45) is 0. The molecule has 0 atom stereocenters. The Hall–Kier alpha value is -3.14. The average Bonchev–Trinajstić information content (AvgIpc) is 3.02. The normalized spacial score (nSPS) is 10.2. The summed E-state index contributed by atoms with van der Waals surface area (Å²) in [4.78, 5) is 25.9. The molecule has 0 aliphatic heterocycles. The number of amides is 2. The molecule has 7 heteroatoms. The van der Waals surface area contributed by atoms with Crippen LogP contribution in [0.3, 0.4) is 0 Å². The zero-order valence-electron chi connectivity index (χ0n) is 14.6. The minimum atomic E-state index is -0.404. The molecule has 0 fully saturated rings. The Bertz CT molecular complexity index is 815. The number of benzene rings is 1. The van der Waals surface area contributed by atoms with Crippen molar-refractivity contribution in [2.24, 2.45) is 0 Å². The molecular weight excluding hydrogens is 318 g/mol. The van der Waals surface area contributed by atoms with E-state index in [4.69, 9.17) is 5.26 Å². The van der Waals surface area contributed by atoms with E-state index < -0.39 is 5.91 Å². The first kappa shape index (κ1) is 18.2. The number of hydrogen-bond donors (Lipinski definition) is 1. The van der Waals surface area contributed by atoms with Crippen LogP contribution in [0, 0.1) is 18.3 Å². The molecule has 0 bridgehead atoms. The molecule has 7 nitrogen and oxygen atoms in total. The standard InChI is InChI=1S/C18H21N5O2/c1-4-22(5-2)17(24)12-20-18(25)16-9-13(3)23(21-16)15-8-6-7-14(10-15)11-19/h6-10H,4-5,12H2,1-3H3,(H,20,25). The predicted octanol–water partition coefficient (Wildman–Crippen LogP) is 1.65. The highest BCUT2D eigenvalue weighted by molar-refractivity contribution is 5.95. The number of nitriles is 1. The molecule has 0 saturated heterocycles. The second kappa shape index (κ2) is 8.11. The van der Waals surface area contributed by atoms with E-state index in [9.17, 15) is 9.59 Å². The van der Waals surface area contributed by atoms with Gasteiger partial charge in [-0.2, -0.15) is 10.4 Å². The van der Waals surface area contributed by atoms with E-state index in [1.807, 2.05) is 26.8 Å². The first-order valence-electron chi connectivity index (χ1n) is 8.13. The van der Waals surface area contributed by atoms with Crippen molar-refractivity contribution in [3.05, 3.63) is 47.3 Å². The maximum atomic E-state index is 12.3. The minimum absolute atomic E-state index is 0.0592. The van der Waals surface area contributed by atoms with Gasteiger partial charge in [0.1, 0.15) is 0 Å². The van der Waals surface area contributed by atoms with Crippen LogP contribution in [-0.2, 0) is 4.79 Å². The summed E-state index contributed by atoms with van der Waals surface area (Å²) in [6, 6.07) is 10.7. The lowest BCUT2D eigenvalue weighted by atomic mass is 10.2. The fourth-order valence-corrected chi connectivity index (χ4v) is 2.49. The summed E-state index contributed by atoms with van der Waals surface area (Å²) in [7, 11) is 0. The van der Waals surface area contributed by atoms with Gasteiger partial charge < -0.3 is 10.2 Å². The molecule has 130 valence electrons. The van der Waals surface area contributed by atoms with Crippen LogP contribution in [0.2, 0.25) is 0 Å². The molecule has 1 N–H and O–H groups in total. The number of nitrogens with zero attached hydrogens (tertiary/aromatic N) is 4. The Labute approximate surface area is 146 Å². The zero-order valence-corrected chi connectivity index (χ0v) is 14.6. The number of likely N-dealkylation sites (N-methyl/N-ethyl adjacent to an activating group) is 1. The minimum Gasteiger partial charge on any atom is -0.342 e.